The zero-order valence-electron chi connectivity index (χ0n) is 10.9. The van der Waals surface area contributed by atoms with Crippen molar-refractivity contribution in [3.05, 3.63) is 34.1 Å². The van der Waals surface area contributed by atoms with Crippen molar-refractivity contribution in [1.29, 1.82) is 0 Å². The van der Waals surface area contributed by atoms with Gasteiger partial charge in [-0.3, -0.25) is 4.79 Å². The minimum Gasteiger partial charge on any atom is -0.481 e. The lowest BCUT2D eigenvalue weighted by atomic mass is 10.1. The van der Waals surface area contributed by atoms with E-state index in [1.54, 1.807) is 18.2 Å². The molecular formula is C14H12Cl2N2O3. The molecule has 1 aliphatic carbocycles. The molecule has 7 heteroatoms. The molecule has 0 radical (unpaired) electrons. The molecule has 1 aromatic carbocycles. The summed E-state index contributed by atoms with van der Waals surface area (Å²) in [4.78, 5) is 15.3. The van der Waals surface area contributed by atoms with E-state index in [9.17, 15) is 4.79 Å². The summed E-state index contributed by atoms with van der Waals surface area (Å²) < 4.78 is 5.27. The number of carbonyl (C=O) groups is 1. The Morgan fingerprint density at radius 3 is 2.57 bits per heavy atom. The highest BCUT2D eigenvalue weighted by atomic mass is 35.5. The molecule has 0 saturated heterocycles. The Kier molecular flexibility index (Phi) is 3.87. The first-order valence-electron chi connectivity index (χ1n) is 6.56. The fraction of sp³-hybridized carbons (Fsp3) is 0.357. The summed E-state index contributed by atoms with van der Waals surface area (Å²) in [7, 11) is 0. The lowest BCUT2D eigenvalue weighted by molar-refractivity contribution is -0.141. The molecule has 1 fully saturated rings. The third-order valence-electron chi connectivity index (χ3n) is 3.69. The molecule has 0 aliphatic heterocycles. The van der Waals surface area contributed by atoms with E-state index in [-0.39, 0.29) is 11.8 Å². The van der Waals surface area contributed by atoms with Gasteiger partial charge in [0.25, 0.3) is 0 Å². The number of carboxylic acids is 1. The van der Waals surface area contributed by atoms with Crippen LogP contribution in [0.15, 0.2) is 22.7 Å². The van der Waals surface area contributed by atoms with Gasteiger partial charge in [0.05, 0.1) is 5.92 Å². The summed E-state index contributed by atoms with van der Waals surface area (Å²) in [6.45, 7) is 0. The van der Waals surface area contributed by atoms with Crippen LogP contribution in [0.3, 0.4) is 0 Å². The van der Waals surface area contributed by atoms with E-state index in [4.69, 9.17) is 32.8 Å². The van der Waals surface area contributed by atoms with Gasteiger partial charge in [-0.05, 0) is 37.5 Å². The quantitative estimate of drug-likeness (QED) is 0.922. The highest BCUT2D eigenvalue weighted by molar-refractivity contribution is 6.35. The lowest BCUT2D eigenvalue weighted by Gasteiger charge is -2.02. The minimum absolute atomic E-state index is 0.00186. The molecule has 5 nitrogen and oxygen atoms in total. The molecular weight excluding hydrogens is 315 g/mol. The van der Waals surface area contributed by atoms with Crippen molar-refractivity contribution in [1.82, 2.24) is 10.1 Å². The first-order chi connectivity index (χ1) is 10.0. The van der Waals surface area contributed by atoms with Crippen LogP contribution in [0, 0.1) is 5.92 Å². The number of rotatable bonds is 3. The van der Waals surface area contributed by atoms with Crippen LogP contribution >= 0.6 is 23.2 Å². The monoisotopic (exact) mass is 326 g/mol. The first-order valence-corrected chi connectivity index (χ1v) is 7.31. The molecule has 21 heavy (non-hydrogen) atoms. The molecule has 2 atom stereocenters. The molecule has 1 saturated carbocycles. The van der Waals surface area contributed by atoms with Crippen LogP contribution in [0.5, 0.6) is 0 Å². The van der Waals surface area contributed by atoms with Crippen LogP contribution in [0.4, 0.5) is 0 Å². The zero-order chi connectivity index (χ0) is 15.0. The van der Waals surface area contributed by atoms with Gasteiger partial charge in [0.1, 0.15) is 0 Å². The predicted octanol–water partition coefficient (Wildman–Crippen LogP) is 4.01. The molecule has 2 aromatic rings. The standard InChI is InChI=1S/C14H12Cl2N2O3/c15-10-4-9(5-11(16)6-10)12-17-13(21-18-12)7-1-2-8(3-7)14(19)20/h4-8H,1-3H2,(H,19,20). The third-order valence-corrected chi connectivity index (χ3v) is 4.13. The molecule has 1 N–H and O–H groups in total. The number of aliphatic carboxylic acids is 1. The van der Waals surface area contributed by atoms with Gasteiger partial charge in [-0.25, -0.2) is 0 Å². The Bertz CT molecular complexity index is 666. The summed E-state index contributed by atoms with van der Waals surface area (Å²) in [6.07, 6.45) is 1.92. The van der Waals surface area contributed by atoms with Crippen molar-refractivity contribution >= 4 is 29.2 Å². The van der Waals surface area contributed by atoms with Crippen molar-refractivity contribution in [2.75, 3.05) is 0 Å². The SMILES string of the molecule is O=C(O)C1CCC(c2nc(-c3cc(Cl)cc(Cl)c3)no2)C1. The fourth-order valence-electron chi connectivity index (χ4n) is 2.63. The predicted molar refractivity (Wildman–Crippen MR) is 77.5 cm³/mol. The number of hydrogen-bond donors (Lipinski definition) is 1. The fourth-order valence-corrected chi connectivity index (χ4v) is 3.16. The molecule has 0 spiro atoms. The van der Waals surface area contributed by atoms with Crippen molar-refractivity contribution < 1.29 is 14.4 Å². The summed E-state index contributed by atoms with van der Waals surface area (Å²) in [5.41, 5.74) is 0.676. The smallest absolute Gasteiger partial charge is 0.306 e. The number of aromatic nitrogens is 2. The molecule has 110 valence electrons. The van der Waals surface area contributed by atoms with Gasteiger partial charge >= 0.3 is 5.97 Å². The van der Waals surface area contributed by atoms with Crippen molar-refractivity contribution in [3.8, 4) is 11.4 Å². The van der Waals surface area contributed by atoms with E-state index in [1.165, 1.54) is 0 Å². The average Bonchev–Trinajstić information content (AvgIpc) is 3.07. The molecule has 0 amide bonds. The van der Waals surface area contributed by atoms with Crippen molar-refractivity contribution in [3.63, 3.8) is 0 Å². The summed E-state index contributed by atoms with van der Waals surface area (Å²) in [6, 6.07) is 5.04. The van der Waals surface area contributed by atoms with Crippen LogP contribution in [-0.2, 0) is 4.79 Å². The van der Waals surface area contributed by atoms with Crippen LogP contribution in [0.1, 0.15) is 31.1 Å². The number of carboxylic acid groups (broad SMARTS) is 1. The van der Waals surface area contributed by atoms with Gasteiger partial charge in [0.15, 0.2) is 0 Å². The Morgan fingerprint density at radius 2 is 1.95 bits per heavy atom. The summed E-state index contributed by atoms with van der Waals surface area (Å²) in [5, 5.41) is 14.0. The molecule has 1 aliphatic rings. The minimum atomic E-state index is -0.765. The van der Waals surface area contributed by atoms with Gasteiger partial charge in [-0.2, -0.15) is 4.98 Å². The average molecular weight is 327 g/mol. The Morgan fingerprint density at radius 1 is 1.24 bits per heavy atom. The second kappa shape index (κ2) is 5.66. The van der Waals surface area contributed by atoms with Crippen molar-refractivity contribution in [2.24, 2.45) is 5.92 Å². The second-order valence-corrected chi connectivity index (χ2v) is 6.03. The normalized spacial score (nSPS) is 21.6. The van der Waals surface area contributed by atoms with Gasteiger partial charge in [-0.15, -0.1) is 0 Å². The number of halogens is 2. The third kappa shape index (κ3) is 3.04. The Balaban J connectivity index is 1.82. The number of nitrogens with zero attached hydrogens (tertiary/aromatic N) is 2. The van der Waals surface area contributed by atoms with E-state index < -0.39 is 5.97 Å². The summed E-state index contributed by atoms with van der Waals surface area (Å²) >= 11 is 11.9. The van der Waals surface area contributed by atoms with Gasteiger partial charge < -0.3 is 9.63 Å². The van der Waals surface area contributed by atoms with Crippen molar-refractivity contribution in [2.45, 2.75) is 25.2 Å². The van der Waals surface area contributed by atoms with Gasteiger partial charge in [0.2, 0.25) is 11.7 Å². The highest BCUT2D eigenvalue weighted by Gasteiger charge is 2.33. The maximum atomic E-state index is 11.0. The second-order valence-electron chi connectivity index (χ2n) is 5.16. The van der Waals surface area contributed by atoms with Crippen LogP contribution < -0.4 is 0 Å². The van der Waals surface area contributed by atoms with Crippen LogP contribution in [0.2, 0.25) is 10.0 Å². The van der Waals surface area contributed by atoms with E-state index >= 15 is 0 Å². The first kappa shape index (κ1) is 14.4. The maximum Gasteiger partial charge on any atom is 0.306 e. The molecule has 1 heterocycles. The van der Waals surface area contributed by atoms with Gasteiger partial charge in [0, 0.05) is 21.5 Å². The molecule has 1 aromatic heterocycles. The van der Waals surface area contributed by atoms with E-state index in [1.807, 2.05) is 0 Å². The Hall–Kier alpha value is -1.59. The zero-order valence-corrected chi connectivity index (χ0v) is 12.4. The lowest BCUT2D eigenvalue weighted by Crippen LogP contribution is -2.09. The largest absolute Gasteiger partial charge is 0.481 e. The van der Waals surface area contributed by atoms with E-state index in [0.29, 0.717) is 40.2 Å². The molecule has 3 rings (SSSR count). The van der Waals surface area contributed by atoms with E-state index in [0.717, 1.165) is 6.42 Å². The van der Waals surface area contributed by atoms with E-state index in [2.05, 4.69) is 10.1 Å². The van der Waals surface area contributed by atoms with Crippen LogP contribution in [0.25, 0.3) is 11.4 Å². The Labute approximate surface area is 130 Å². The number of benzene rings is 1. The topological polar surface area (TPSA) is 76.2 Å². The van der Waals surface area contributed by atoms with Crippen LogP contribution in [-0.4, -0.2) is 21.2 Å². The highest BCUT2D eigenvalue weighted by Crippen LogP contribution is 2.38. The maximum absolute atomic E-state index is 11.0. The summed E-state index contributed by atoms with van der Waals surface area (Å²) in [5.74, 6) is -0.204. The number of hydrogen-bond acceptors (Lipinski definition) is 4. The molecule has 0 bridgehead atoms. The van der Waals surface area contributed by atoms with Gasteiger partial charge in [-0.1, -0.05) is 28.4 Å². The molecule has 2 unspecified atom stereocenters.